The zero-order valence-corrected chi connectivity index (χ0v) is 17.2. The standard InChI is InChI=1S/C21H26ClN3O3/c1-4-25(5-2)13-20(26)24-18-11-10-16(12-15(18)3)23-21(27)14-28-19-9-7-6-8-17(19)22/h6-12H,4-5,13-14H2,1-3H3,(H,23,27)(H,24,26). The van der Waals surface area contributed by atoms with E-state index in [-0.39, 0.29) is 18.4 Å². The van der Waals surface area contributed by atoms with Crippen molar-refractivity contribution in [2.75, 3.05) is 36.9 Å². The Kier molecular flexibility index (Phi) is 8.29. The molecule has 0 bridgehead atoms. The van der Waals surface area contributed by atoms with Crippen molar-refractivity contribution in [1.29, 1.82) is 0 Å². The van der Waals surface area contributed by atoms with Crippen molar-refractivity contribution in [3.8, 4) is 5.75 Å². The SMILES string of the molecule is CCN(CC)CC(=O)Nc1ccc(NC(=O)COc2ccccc2Cl)cc1C. The van der Waals surface area contributed by atoms with Crippen molar-refractivity contribution in [2.24, 2.45) is 0 Å². The van der Waals surface area contributed by atoms with Gasteiger partial charge in [0.25, 0.3) is 5.91 Å². The third-order valence-electron chi connectivity index (χ3n) is 4.24. The number of rotatable bonds is 9. The van der Waals surface area contributed by atoms with Crippen LogP contribution in [0.25, 0.3) is 0 Å². The van der Waals surface area contributed by atoms with E-state index < -0.39 is 0 Å². The predicted octanol–water partition coefficient (Wildman–Crippen LogP) is 3.95. The van der Waals surface area contributed by atoms with Gasteiger partial charge in [-0.15, -0.1) is 0 Å². The largest absolute Gasteiger partial charge is 0.482 e. The third-order valence-corrected chi connectivity index (χ3v) is 4.55. The average Bonchev–Trinajstić information content (AvgIpc) is 2.67. The molecule has 0 atom stereocenters. The van der Waals surface area contributed by atoms with Crippen molar-refractivity contribution >= 4 is 34.8 Å². The number of benzene rings is 2. The highest BCUT2D eigenvalue weighted by molar-refractivity contribution is 6.32. The first kappa shape index (κ1) is 21.7. The summed E-state index contributed by atoms with van der Waals surface area (Å²) in [6.07, 6.45) is 0. The number of anilines is 2. The number of hydrogen-bond acceptors (Lipinski definition) is 4. The zero-order chi connectivity index (χ0) is 20.5. The van der Waals surface area contributed by atoms with Gasteiger partial charge in [0.2, 0.25) is 5.91 Å². The Morgan fingerprint density at radius 1 is 1.04 bits per heavy atom. The van der Waals surface area contributed by atoms with E-state index in [4.69, 9.17) is 16.3 Å². The molecule has 0 aliphatic carbocycles. The molecular weight excluding hydrogens is 378 g/mol. The minimum Gasteiger partial charge on any atom is -0.482 e. The molecular formula is C21H26ClN3O3. The Bertz CT molecular complexity index is 822. The van der Waals surface area contributed by atoms with E-state index in [9.17, 15) is 9.59 Å². The number of nitrogens with one attached hydrogen (secondary N) is 2. The number of nitrogens with zero attached hydrogens (tertiary/aromatic N) is 1. The summed E-state index contributed by atoms with van der Waals surface area (Å²) < 4.78 is 5.43. The Balaban J connectivity index is 1.90. The van der Waals surface area contributed by atoms with Gasteiger partial charge in [0.15, 0.2) is 6.61 Å². The summed E-state index contributed by atoms with van der Waals surface area (Å²) in [7, 11) is 0. The van der Waals surface area contributed by atoms with Gasteiger partial charge in [-0.05, 0) is 55.9 Å². The van der Waals surface area contributed by atoms with Crippen LogP contribution in [0.1, 0.15) is 19.4 Å². The van der Waals surface area contributed by atoms with Gasteiger partial charge in [-0.2, -0.15) is 0 Å². The Labute approximate surface area is 170 Å². The van der Waals surface area contributed by atoms with Crippen molar-refractivity contribution in [3.63, 3.8) is 0 Å². The van der Waals surface area contributed by atoms with Crippen LogP contribution >= 0.6 is 11.6 Å². The molecule has 2 aromatic rings. The number of para-hydroxylation sites is 1. The Morgan fingerprint density at radius 3 is 2.39 bits per heavy atom. The highest BCUT2D eigenvalue weighted by Crippen LogP contribution is 2.23. The van der Waals surface area contributed by atoms with Crippen LogP contribution in [0.4, 0.5) is 11.4 Å². The van der Waals surface area contributed by atoms with Crippen molar-refractivity contribution in [3.05, 3.63) is 53.1 Å². The zero-order valence-electron chi connectivity index (χ0n) is 16.4. The van der Waals surface area contributed by atoms with E-state index in [2.05, 4.69) is 10.6 Å². The second kappa shape index (κ2) is 10.7. The van der Waals surface area contributed by atoms with Crippen molar-refractivity contribution in [1.82, 2.24) is 4.90 Å². The van der Waals surface area contributed by atoms with E-state index in [1.54, 1.807) is 42.5 Å². The van der Waals surface area contributed by atoms with E-state index in [1.165, 1.54) is 0 Å². The number of ether oxygens (including phenoxy) is 1. The first-order valence-corrected chi connectivity index (χ1v) is 9.60. The summed E-state index contributed by atoms with van der Waals surface area (Å²) in [5.41, 5.74) is 2.21. The second-order valence-corrected chi connectivity index (χ2v) is 6.71. The second-order valence-electron chi connectivity index (χ2n) is 6.31. The van der Waals surface area contributed by atoms with Gasteiger partial charge in [-0.25, -0.2) is 0 Å². The Hall–Kier alpha value is -2.57. The number of likely N-dealkylation sites (N-methyl/N-ethyl adjacent to an activating group) is 1. The fourth-order valence-electron chi connectivity index (χ4n) is 2.62. The summed E-state index contributed by atoms with van der Waals surface area (Å²) in [6.45, 7) is 7.77. The molecule has 0 spiro atoms. The summed E-state index contributed by atoms with van der Waals surface area (Å²) in [4.78, 5) is 26.3. The van der Waals surface area contributed by atoms with Crippen molar-refractivity contribution < 1.29 is 14.3 Å². The molecule has 2 amide bonds. The van der Waals surface area contributed by atoms with E-state index in [0.717, 1.165) is 24.3 Å². The summed E-state index contributed by atoms with van der Waals surface area (Å²) in [5, 5.41) is 6.14. The molecule has 2 aromatic carbocycles. The normalized spacial score (nSPS) is 10.6. The topological polar surface area (TPSA) is 70.7 Å². The molecule has 2 rings (SSSR count). The Morgan fingerprint density at radius 2 is 1.75 bits per heavy atom. The van der Waals surface area contributed by atoms with Gasteiger partial charge in [0, 0.05) is 11.4 Å². The number of carbonyl (C=O) groups excluding carboxylic acids is 2. The number of amides is 2. The maximum atomic E-state index is 12.2. The molecule has 2 N–H and O–H groups in total. The van der Waals surface area contributed by atoms with Gasteiger partial charge in [-0.3, -0.25) is 14.5 Å². The van der Waals surface area contributed by atoms with Gasteiger partial charge in [-0.1, -0.05) is 37.6 Å². The molecule has 6 nitrogen and oxygen atoms in total. The summed E-state index contributed by atoms with van der Waals surface area (Å²) >= 11 is 6.00. The molecule has 0 aliphatic rings. The monoisotopic (exact) mass is 403 g/mol. The fourth-order valence-corrected chi connectivity index (χ4v) is 2.81. The molecule has 0 aliphatic heterocycles. The van der Waals surface area contributed by atoms with Gasteiger partial charge < -0.3 is 15.4 Å². The van der Waals surface area contributed by atoms with Crippen LogP contribution in [0.5, 0.6) is 5.75 Å². The lowest BCUT2D eigenvalue weighted by atomic mass is 10.1. The quantitative estimate of drug-likeness (QED) is 0.665. The minimum absolute atomic E-state index is 0.0586. The molecule has 0 saturated carbocycles. The average molecular weight is 404 g/mol. The third kappa shape index (κ3) is 6.55. The first-order valence-electron chi connectivity index (χ1n) is 9.23. The molecule has 0 fully saturated rings. The maximum Gasteiger partial charge on any atom is 0.262 e. The first-order chi connectivity index (χ1) is 13.4. The lowest BCUT2D eigenvalue weighted by Gasteiger charge is -2.18. The lowest BCUT2D eigenvalue weighted by Crippen LogP contribution is -2.33. The van der Waals surface area contributed by atoms with Crippen molar-refractivity contribution in [2.45, 2.75) is 20.8 Å². The number of carbonyl (C=O) groups is 2. The predicted molar refractivity (Wildman–Crippen MR) is 113 cm³/mol. The van der Waals surface area contributed by atoms with Gasteiger partial charge in [0.05, 0.1) is 11.6 Å². The fraction of sp³-hybridized carbons (Fsp3) is 0.333. The van der Waals surface area contributed by atoms with E-state index >= 15 is 0 Å². The summed E-state index contributed by atoms with van der Waals surface area (Å²) in [5.74, 6) is 0.108. The molecule has 150 valence electrons. The van der Waals surface area contributed by atoms with Crippen LogP contribution in [-0.4, -0.2) is 43.0 Å². The molecule has 0 radical (unpaired) electrons. The van der Waals surface area contributed by atoms with Crippen LogP contribution < -0.4 is 15.4 Å². The number of halogens is 1. The van der Waals surface area contributed by atoms with Gasteiger partial charge in [0.1, 0.15) is 5.75 Å². The van der Waals surface area contributed by atoms with E-state index in [1.807, 2.05) is 25.7 Å². The number of aryl methyl sites for hydroxylation is 1. The van der Waals surface area contributed by atoms with Crippen LogP contribution in [0, 0.1) is 6.92 Å². The molecule has 0 unspecified atom stereocenters. The molecule has 0 heterocycles. The summed E-state index contributed by atoms with van der Waals surface area (Å²) in [6, 6.07) is 12.3. The lowest BCUT2D eigenvalue weighted by molar-refractivity contribution is -0.118. The van der Waals surface area contributed by atoms with Crippen LogP contribution in [-0.2, 0) is 9.59 Å². The maximum absolute atomic E-state index is 12.2. The molecule has 0 aromatic heterocycles. The van der Waals surface area contributed by atoms with Gasteiger partial charge >= 0.3 is 0 Å². The minimum atomic E-state index is -0.294. The van der Waals surface area contributed by atoms with Crippen LogP contribution in [0.3, 0.4) is 0 Å². The van der Waals surface area contributed by atoms with E-state index in [0.29, 0.717) is 23.0 Å². The molecule has 7 heteroatoms. The smallest absolute Gasteiger partial charge is 0.262 e. The molecule has 0 saturated heterocycles. The highest BCUT2D eigenvalue weighted by Gasteiger charge is 2.10. The molecule has 28 heavy (non-hydrogen) atoms. The number of hydrogen-bond donors (Lipinski definition) is 2. The van der Waals surface area contributed by atoms with Crippen LogP contribution in [0.15, 0.2) is 42.5 Å². The highest BCUT2D eigenvalue weighted by atomic mass is 35.5. The van der Waals surface area contributed by atoms with Crippen LogP contribution in [0.2, 0.25) is 5.02 Å².